The van der Waals surface area contributed by atoms with E-state index < -0.39 is 6.36 Å². The molecule has 128 valence electrons. The van der Waals surface area contributed by atoms with Crippen LogP contribution in [0, 0.1) is 5.82 Å². The summed E-state index contributed by atoms with van der Waals surface area (Å²) in [6.07, 6.45) is -4.62. The molecule has 0 spiro atoms. The van der Waals surface area contributed by atoms with E-state index in [0.717, 1.165) is 12.1 Å². The van der Waals surface area contributed by atoms with Crippen LogP contribution in [0.4, 0.5) is 23.2 Å². The van der Waals surface area contributed by atoms with E-state index in [1.165, 1.54) is 30.0 Å². The first-order chi connectivity index (χ1) is 11.3. The van der Waals surface area contributed by atoms with Crippen LogP contribution < -0.4 is 10.1 Å². The van der Waals surface area contributed by atoms with Crippen LogP contribution in [0.5, 0.6) is 5.75 Å². The summed E-state index contributed by atoms with van der Waals surface area (Å²) in [5.41, 5.74) is 0.352. The van der Waals surface area contributed by atoms with Gasteiger partial charge in [-0.2, -0.15) is 0 Å². The number of halogens is 4. The number of amides is 1. The van der Waals surface area contributed by atoms with Crippen LogP contribution in [0.2, 0.25) is 0 Å². The zero-order chi connectivity index (χ0) is 17.6. The van der Waals surface area contributed by atoms with Crippen LogP contribution in [0.3, 0.4) is 0 Å². The highest BCUT2D eigenvalue weighted by Gasteiger charge is 2.30. The topological polar surface area (TPSA) is 38.3 Å². The Morgan fingerprint density at radius 1 is 1.08 bits per heavy atom. The first kappa shape index (κ1) is 18.1. The van der Waals surface area contributed by atoms with Gasteiger partial charge < -0.3 is 10.1 Å². The Balaban J connectivity index is 1.79. The second-order valence-electron chi connectivity index (χ2n) is 4.65. The molecular formula is C16H13F4NO2S. The lowest BCUT2D eigenvalue weighted by molar-refractivity contribution is -0.274. The lowest BCUT2D eigenvalue weighted by atomic mass is 10.3. The Kier molecular flexibility index (Phi) is 6.08. The molecule has 0 heterocycles. The van der Waals surface area contributed by atoms with Crippen molar-refractivity contribution in [2.24, 2.45) is 0 Å². The molecule has 0 saturated heterocycles. The number of anilines is 1. The number of carbonyl (C=O) groups is 1. The van der Waals surface area contributed by atoms with E-state index in [9.17, 15) is 22.4 Å². The third kappa shape index (κ3) is 6.11. The Hall–Kier alpha value is -2.22. The molecule has 0 aromatic heterocycles. The fourth-order valence-corrected chi connectivity index (χ4v) is 2.67. The maximum atomic E-state index is 13.4. The Morgan fingerprint density at radius 3 is 2.38 bits per heavy atom. The third-order valence-corrected chi connectivity index (χ3v) is 3.85. The molecular weight excluding hydrogens is 346 g/mol. The van der Waals surface area contributed by atoms with E-state index in [1.807, 2.05) is 0 Å². The van der Waals surface area contributed by atoms with Crippen LogP contribution in [0.25, 0.3) is 0 Å². The minimum atomic E-state index is -4.76. The molecule has 3 nitrogen and oxygen atoms in total. The van der Waals surface area contributed by atoms with Crippen molar-refractivity contribution in [2.75, 3.05) is 11.1 Å². The Morgan fingerprint density at radius 2 is 1.75 bits per heavy atom. The molecule has 0 aliphatic carbocycles. The lowest BCUT2D eigenvalue weighted by Gasteiger charge is -2.10. The Bertz CT molecular complexity index is 689. The van der Waals surface area contributed by atoms with E-state index in [1.54, 1.807) is 18.2 Å². The predicted octanol–water partition coefficient (Wildman–Crippen LogP) is 4.85. The smallest absolute Gasteiger partial charge is 0.406 e. The van der Waals surface area contributed by atoms with Crippen molar-refractivity contribution in [3.8, 4) is 5.75 Å². The van der Waals surface area contributed by atoms with Gasteiger partial charge in [0.2, 0.25) is 5.91 Å². The van der Waals surface area contributed by atoms with Crippen LogP contribution in [-0.2, 0) is 4.79 Å². The van der Waals surface area contributed by atoms with Crippen LogP contribution in [-0.4, -0.2) is 18.0 Å². The van der Waals surface area contributed by atoms with Gasteiger partial charge in [-0.25, -0.2) is 4.39 Å². The van der Waals surface area contributed by atoms with Crippen molar-refractivity contribution in [3.05, 3.63) is 54.3 Å². The second-order valence-corrected chi connectivity index (χ2v) is 5.79. The molecule has 8 heteroatoms. The number of hydrogen-bond acceptors (Lipinski definition) is 3. The normalized spacial score (nSPS) is 11.2. The number of hydrogen-bond donors (Lipinski definition) is 1. The fourth-order valence-electron chi connectivity index (χ4n) is 1.78. The number of carbonyl (C=O) groups excluding carboxylic acids is 1. The largest absolute Gasteiger partial charge is 0.573 e. The van der Waals surface area contributed by atoms with Crippen molar-refractivity contribution in [1.29, 1.82) is 0 Å². The quantitative estimate of drug-likeness (QED) is 0.592. The average Bonchev–Trinajstić information content (AvgIpc) is 2.50. The lowest BCUT2D eigenvalue weighted by Crippen LogP contribution is -2.17. The molecule has 0 saturated carbocycles. The first-order valence-electron chi connectivity index (χ1n) is 6.86. The van der Waals surface area contributed by atoms with Crippen LogP contribution >= 0.6 is 11.8 Å². The number of alkyl halides is 3. The van der Waals surface area contributed by atoms with Crippen molar-refractivity contribution < 1.29 is 27.1 Å². The summed E-state index contributed by atoms with van der Waals surface area (Å²) in [7, 11) is 0. The van der Waals surface area contributed by atoms with E-state index in [4.69, 9.17) is 0 Å². The standard InChI is InChI=1S/C16H13F4NO2S/c17-13-3-1-2-4-14(13)24-10-9-15(22)21-11-5-7-12(8-6-11)23-16(18,19)20/h1-8H,9-10H2,(H,21,22). The maximum absolute atomic E-state index is 13.4. The molecule has 0 atom stereocenters. The van der Waals surface area contributed by atoms with Gasteiger partial charge in [0, 0.05) is 22.8 Å². The molecule has 0 bridgehead atoms. The van der Waals surface area contributed by atoms with Gasteiger partial charge in [0.1, 0.15) is 11.6 Å². The van der Waals surface area contributed by atoms with Crippen molar-refractivity contribution in [2.45, 2.75) is 17.7 Å². The molecule has 0 fully saturated rings. The number of benzene rings is 2. The number of nitrogens with one attached hydrogen (secondary N) is 1. The van der Waals surface area contributed by atoms with E-state index in [0.29, 0.717) is 16.3 Å². The maximum Gasteiger partial charge on any atom is 0.573 e. The molecule has 0 aliphatic heterocycles. The predicted molar refractivity (Wildman–Crippen MR) is 83.5 cm³/mol. The molecule has 24 heavy (non-hydrogen) atoms. The molecule has 0 aliphatic rings. The van der Waals surface area contributed by atoms with E-state index in [-0.39, 0.29) is 23.9 Å². The number of ether oxygens (including phenoxy) is 1. The summed E-state index contributed by atoms with van der Waals surface area (Å²) < 4.78 is 53.3. The third-order valence-electron chi connectivity index (χ3n) is 2.79. The highest BCUT2D eigenvalue weighted by atomic mass is 32.2. The summed E-state index contributed by atoms with van der Waals surface area (Å²) >= 11 is 1.21. The molecule has 1 N–H and O–H groups in total. The van der Waals surface area contributed by atoms with Crippen molar-refractivity contribution in [1.82, 2.24) is 0 Å². The minimum absolute atomic E-state index is 0.139. The fraction of sp³-hybridized carbons (Fsp3) is 0.188. The summed E-state index contributed by atoms with van der Waals surface area (Å²) in [6, 6.07) is 11.1. The zero-order valence-corrected chi connectivity index (χ0v) is 13.1. The highest BCUT2D eigenvalue weighted by molar-refractivity contribution is 7.99. The molecule has 0 unspecified atom stereocenters. The summed E-state index contributed by atoms with van der Waals surface area (Å²) in [6.45, 7) is 0. The van der Waals surface area contributed by atoms with Crippen molar-refractivity contribution in [3.63, 3.8) is 0 Å². The zero-order valence-electron chi connectivity index (χ0n) is 12.3. The monoisotopic (exact) mass is 359 g/mol. The second kappa shape index (κ2) is 8.05. The number of thioether (sulfide) groups is 1. The van der Waals surface area contributed by atoms with Gasteiger partial charge >= 0.3 is 6.36 Å². The molecule has 0 radical (unpaired) electrons. The van der Waals surface area contributed by atoms with Crippen LogP contribution in [0.15, 0.2) is 53.4 Å². The van der Waals surface area contributed by atoms with Crippen molar-refractivity contribution >= 4 is 23.4 Å². The Labute approximate surface area is 140 Å². The van der Waals surface area contributed by atoms with Gasteiger partial charge in [0.15, 0.2) is 0 Å². The summed E-state index contributed by atoms with van der Waals surface area (Å²) in [4.78, 5) is 12.2. The van der Waals surface area contributed by atoms with Gasteiger partial charge in [0.05, 0.1) is 0 Å². The highest BCUT2D eigenvalue weighted by Crippen LogP contribution is 2.24. The molecule has 2 rings (SSSR count). The van der Waals surface area contributed by atoms with Gasteiger partial charge in [-0.15, -0.1) is 24.9 Å². The summed E-state index contributed by atoms with van der Waals surface area (Å²) in [5.74, 6) is -0.649. The minimum Gasteiger partial charge on any atom is -0.406 e. The van der Waals surface area contributed by atoms with Crippen LogP contribution in [0.1, 0.15) is 6.42 Å². The van der Waals surface area contributed by atoms with E-state index >= 15 is 0 Å². The van der Waals surface area contributed by atoms with Gasteiger partial charge in [0.25, 0.3) is 0 Å². The van der Waals surface area contributed by atoms with Gasteiger partial charge in [-0.1, -0.05) is 12.1 Å². The SMILES string of the molecule is O=C(CCSc1ccccc1F)Nc1ccc(OC(F)(F)F)cc1. The van der Waals surface area contributed by atoms with Gasteiger partial charge in [-0.3, -0.25) is 4.79 Å². The van der Waals surface area contributed by atoms with Gasteiger partial charge in [-0.05, 0) is 36.4 Å². The molecule has 2 aromatic rings. The summed E-state index contributed by atoms with van der Waals surface area (Å²) in [5, 5.41) is 2.55. The van der Waals surface area contributed by atoms with E-state index in [2.05, 4.69) is 10.1 Å². The first-order valence-corrected chi connectivity index (χ1v) is 7.85. The average molecular weight is 359 g/mol. The number of rotatable bonds is 6. The molecule has 2 aromatic carbocycles. The molecule has 1 amide bonds.